The minimum Gasteiger partial charge on any atom is -0.0619 e. The Morgan fingerprint density at radius 2 is 0.971 bits per heavy atom. The first-order chi connectivity index (χ1) is 16.6. The SMILES string of the molecule is CC1(C)c2ccccc2-c2cc3c(cc21)Cc1cc2c4ccccc4c4ccccc4c2cc1-3. The highest BCUT2D eigenvalue weighted by Crippen LogP contribution is 2.52. The van der Waals surface area contributed by atoms with Crippen LogP contribution >= 0.6 is 0 Å². The Hall–Kier alpha value is -3.90. The van der Waals surface area contributed by atoms with E-state index < -0.39 is 0 Å². The maximum atomic E-state index is 2.51. The molecule has 0 amide bonds. The highest BCUT2D eigenvalue weighted by Gasteiger charge is 2.37. The third kappa shape index (κ3) is 2.19. The van der Waals surface area contributed by atoms with Crippen molar-refractivity contribution >= 4 is 32.3 Å². The molecule has 0 bridgehead atoms. The summed E-state index contributed by atoms with van der Waals surface area (Å²) in [6.07, 6.45) is 1.02. The van der Waals surface area contributed by atoms with Gasteiger partial charge in [0.15, 0.2) is 0 Å². The second-order valence-corrected chi connectivity index (χ2v) is 10.5. The van der Waals surface area contributed by atoms with E-state index in [9.17, 15) is 0 Å². The Labute approximate surface area is 199 Å². The van der Waals surface area contributed by atoms with Crippen molar-refractivity contribution in [2.24, 2.45) is 0 Å². The number of hydrogen-bond acceptors (Lipinski definition) is 0. The smallest absolute Gasteiger partial charge is 0.0158 e. The van der Waals surface area contributed by atoms with Crippen LogP contribution in [-0.2, 0) is 11.8 Å². The van der Waals surface area contributed by atoms with Crippen molar-refractivity contribution < 1.29 is 0 Å². The first kappa shape index (κ1) is 18.5. The van der Waals surface area contributed by atoms with Crippen molar-refractivity contribution in [2.45, 2.75) is 25.7 Å². The summed E-state index contributed by atoms with van der Waals surface area (Å²) in [6, 6.07) is 36.7. The van der Waals surface area contributed by atoms with Crippen molar-refractivity contribution in [1.82, 2.24) is 0 Å². The number of hydrogen-bond donors (Lipinski definition) is 0. The molecule has 160 valence electrons. The van der Waals surface area contributed by atoms with Crippen LogP contribution in [0.3, 0.4) is 0 Å². The van der Waals surface area contributed by atoms with Crippen molar-refractivity contribution in [3.8, 4) is 22.3 Å². The molecule has 2 aliphatic rings. The summed E-state index contributed by atoms with van der Waals surface area (Å²) in [7, 11) is 0. The highest BCUT2D eigenvalue weighted by molar-refractivity contribution is 6.26. The van der Waals surface area contributed by atoms with Gasteiger partial charge >= 0.3 is 0 Å². The van der Waals surface area contributed by atoms with E-state index in [2.05, 4.69) is 111 Å². The zero-order valence-electron chi connectivity index (χ0n) is 19.4. The van der Waals surface area contributed by atoms with Crippen LogP contribution in [0.25, 0.3) is 54.6 Å². The minimum atomic E-state index is 0.0485. The van der Waals surface area contributed by atoms with E-state index in [0.29, 0.717) is 0 Å². The monoisotopic (exact) mass is 432 g/mol. The van der Waals surface area contributed by atoms with Gasteiger partial charge in [0, 0.05) is 5.41 Å². The van der Waals surface area contributed by atoms with Gasteiger partial charge in [-0.05, 0) is 101 Å². The fraction of sp³-hybridized carbons (Fsp3) is 0.118. The van der Waals surface area contributed by atoms with Crippen molar-refractivity contribution in [1.29, 1.82) is 0 Å². The Bertz CT molecular complexity index is 1850. The lowest BCUT2D eigenvalue weighted by molar-refractivity contribution is 0.659. The van der Waals surface area contributed by atoms with Crippen molar-refractivity contribution in [2.75, 3.05) is 0 Å². The maximum Gasteiger partial charge on any atom is 0.0158 e. The average Bonchev–Trinajstić information content (AvgIpc) is 3.34. The molecule has 0 fully saturated rings. The lowest BCUT2D eigenvalue weighted by Crippen LogP contribution is -2.15. The highest BCUT2D eigenvalue weighted by atomic mass is 14.4. The van der Waals surface area contributed by atoms with Crippen LogP contribution in [0.1, 0.15) is 36.1 Å². The summed E-state index contributed by atoms with van der Waals surface area (Å²) < 4.78 is 0. The fourth-order valence-corrected chi connectivity index (χ4v) is 6.79. The van der Waals surface area contributed by atoms with E-state index in [0.717, 1.165) is 6.42 Å². The van der Waals surface area contributed by atoms with Crippen molar-refractivity contribution in [3.63, 3.8) is 0 Å². The van der Waals surface area contributed by atoms with Crippen LogP contribution in [0.15, 0.2) is 97.1 Å². The van der Waals surface area contributed by atoms with Gasteiger partial charge in [0.1, 0.15) is 0 Å². The predicted molar refractivity (Wildman–Crippen MR) is 145 cm³/mol. The molecule has 0 heterocycles. The first-order valence-electron chi connectivity index (χ1n) is 12.2. The van der Waals surface area contributed by atoms with E-state index >= 15 is 0 Å². The molecule has 34 heavy (non-hydrogen) atoms. The molecule has 0 nitrogen and oxygen atoms in total. The second kappa shape index (κ2) is 6.15. The Morgan fingerprint density at radius 3 is 1.68 bits per heavy atom. The second-order valence-electron chi connectivity index (χ2n) is 10.5. The quantitative estimate of drug-likeness (QED) is 0.210. The van der Waals surface area contributed by atoms with Crippen LogP contribution in [0.2, 0.25) is 0 Å². The summed E-state index contributed by atoms with van der Waals surface area (Å²) in [5.41, 5.74) is 11.5. The summed E-state index contributed by atoms with van der Waals surface area (Å²) in [5.74, 6) is 0. The van der Waals surface area contributed by atoms with E-state index in [-0.39, 0.29) is 5.41 Å². The first-order valence-corrected chi connectivity index (χ1v) is 12.2. The lowest BCUT2D eigenvalue weighted by Gasteiger charge is -2.22. The minimum absolute atomic E-state index is 0.0485. The zero-order chi connectivity index (χ0) is 22.6. The van der Waals surface area contributed by atoms with Crippen LogP contribution in [0, 0.1) is 0 Å². The zero-order valence-corrected chi connectivity index (χ0v) is 19.4. The van der Waals surface area contributed by atoms with Gasteiger partial charge in [-0.1, -0.05) is 92.7 Å². The largest absolute Gasteiger partial charge is 0.0619 e. The third-order valence-corrected chi connectivity index (χ3v) is 8.45. The molecule has 8 rings (SSSR count). The number of fused-ring (bicyclic) bond motifs is 12. The topological polar surface area (TPSA) is 0 Å². The molecule has 0 atom stereocenters. The summed E-state index contributed by atoms with van der Waals surface area (Å²) in [6.45, 7) is 4.75. The van der Waals surface area contributed by atoms with Gasteiger partial charge in [-0.15, -0.1) is 0 Å². The Kier molecular flexibility index (Phi) is 3.35. The molecular formula is C34H24. The molecule has 0 spiro atoms. The Morgan fingerprint density at radius 1 is 0.441 bits per heavy atom. The molecule has 0 aliphatic heterocycles. The predicted octanol–water partition coefficient (Wildman–Crippen LogP) is 9.02. The van der Waals surface area contributed by atoms with E-state index in [4.69, 9.17) is 0 Å². The molecule has 2 aliphatic carbocycles. The molecule has 0 aromatic heterocycles. The normalized spacial score (nSPS) is 14.9. The third-order valence-electron chi connectivity index (χ3n) is 8.45. The van der Waals surface area contributed by atoms with Gasteiger partial charge in [0.05, 0.1) is 0 Å². The van der Waals surface area contributed by atoms with Gasteiger partial charge in [0.2, 0.25) is 0 Å². The summed E-state index contributed by atoms with van der Waals surface area (Å²) in [5, 5.41) is 8.13. The molecule has 0 saturated heterocycles. The van der Waals surface area contributed by atoms with Gasteiger partial charge in [-0.25, -0.2) is 0 Å². The standard InChI is InChI=1S/C34H24/c1-34(2)32-14-8-7-13-26(32)31-19-28-21(17-33(31)34)15-20-16-29-24-11-5-3-9-22(24)23-10-4-6-12-25(23)30(29)18-27(20)28/h3-14,16-19H,15H2,1-2H3. The van der Waals surface area contributed by atoms with Crippen LogP contribution in [0.4, 0.5) is 0 Å². The fourth-order valence-electron chi connectivity index (χ4n) is 6.79. The number of rotatable bonds is 0. The molecule has 0 saturated carbocycles. The molecule has 0 radical (unpaired) electrons. The van der Waals surface area contributed by atoms with Gasteiger partial charge in [0.25, 0.3) is 0 Å². The summed E-state index contributed by atoms with van der Waals surface area (Å²) >= 11 is 0. The lowest BCUT2D eigenvalue weighted by atomic mass is 9.81. The van der Waals surface area contributed by atoms with Gasteiger partial charge in [-0.3, -0.25) is 0 Å². The van der Waals surface area contributed by atoms with E-state index in [1.54, 1.807) is 0 Å². The van der Waals surface area contributed by atoms with E-state index in [1.807, 2.05) is 0 Å². The molecule has 6 aromatic carbocycles. The molecule has 0 unspecified atom stereocenters. The Balaban J connectivity index is 1.46. The van der Waals surface area contributed by atoms with Crippen LogP contribution in [-0.4, -0.2) is 0 Å². The summed E-state index contributed by atoms with van der Waals surface area (Å²) in [4.78, 5) is 0. The number of benzene rings is 6. The van der Waals surface area contributed by atoms with Gasteiger partial charge in [-0.2, -0.15) is 0 Å². The van der Waals surface area contributed by atoms with Gasteiger partial charge < -0.3 is 0 Å². The van der Waals surface area contributed by atoms with Crippen LogP contribution in [0.5, 0.6) is 0 Å². The molecule has 0 heteroatoms. The molecule has 0 N–H and O–H groups in total. The molecule has 6 aromatic rings. The molecular weight excluding hydrogens is 408 g/mol. The van der Waals surface area contributed by atoms with Crippen molar-refractivity contribution in [3.05, 3.63) is 119 Å². The maximum absolute atomic E-state index is 2.51. The van der Waals surface area contributed by atoms with Crippen LogP contribution < -0.4 is 0 Å². The average molecular weight is 433 g/mol. The van der Waals surface area contributed by atoms with E-state index in [1.165, 1.54) is 76.8 Å².